The zero-order valence-electron chi connectivity index (χ0n) is 6.40. The predicted octanol–water partition coefficient (Wildman–Crippen LogP) is 3.94. The van der Waals surface area contributed by atoms with Crippen molar-refractivity contribution < 1.29 is 0 Å². The maximum atomic E-state index is 5.09. The van der Waals surface area contributed by atoms with Gasteiger partial charge in [0.1, 0.15) is 3.53 Å². The number of hydrogen-bond donors (Lipinski definition) is 0. The fourth-order valence-electron chi connectivity index (χ4n) is 0.677. The van der Waals surface area contributed by atoms with E-state index in [1.165, 1.54) is 16.7 Å². The van der Waals surface area contributed by atoms with Crippen molar-refractivity contribution in [1.29, 1.82) is 0 Å². The molecular weight excluding hydrogens is 204 g/mol. The molecule has 12 heavy (non-hydrogen) atoms. The zero-order valence-corrected chi connectivity index (χ0v) is 8.85. The minimum atomic E-state index is 0.885. The fraction of sp³-hybridized carbons (Fsp3) is 0. The van der Waals surface area contributed by atoms with Crippen LogP contribution in [0.1, 0.15) is 0 Å². The van der Waals surface area contributed by atoms with Gasteiger partial charge in [0, 0.05) is 4.90 Å². The molecule has 62 valence electrons. The average Bonchev–Trinajstić information content (AvgIpc) is 2.06. The maximum absolute atomic E-state index is 5.09. The Morgan fingerprint density at radius 2 is 2.00 bits per heavy atom. The smallest absolute Gasteiger partial charge is 0.0923 e. The zero-order chi connectivity index (χ0) is 8.81. The Hall–Kier alpha value is -0.250. The Labute approximate surface area is 86.4 Å². The molecule has 0 aromatic heterocycles. The minimum Gasteiger partial charge on any atom is -0.0923 e. The van der Waals surface area contributed by atoms with Gasteiger partial charge in [-0.2, -0.15) is 0 Å². The number of hydrogen-bond acceptors (Lipinski definition) is 3. The topological polar surface area (TPSA) is 0 Å². The first-order valence-corrected chi connectivity index (χ1v) is 5.48. The van der Waals surface area contributed by atoms with Gasteiger partial charge in [-0.15, -0.1) is 0 Å². The van der Waals surface area contributed by atoms with Gasteiger partial charge in [-0.3, -0.25) is 0 Å². The standard InChI is InChI=1S/C9H8S3/c1-2-11-9(10)12-8-6-4-3-5-7-8/h2-7H,1H2. The molecule has 0 aliphatic carbocycles. The highest BCUT2D eigenvalue weighted by molar-refractivity contribution is 8.48. The Morgan fingerprint density at radius 3 is 2.58 bits per heavy atom. The molecule has 1 rings (SSSR count). The molecule has 0 heterocycles. The van der Waals surface area contributed by atoms with Gasteiger partial charge in [0.05, 0.1) is 0 Å². The van der Waals surface area contributed by atoms with Crippen molar-refractivity contribution in [1.82, 2.24) is 0 Å². The molecule has 0 saturated carbocycles. The van der Waals surface area contributed by atoms with E-state index < -0.39 is 0 Å². The second-order valence-corrected chi connectivity index (χ2v) is 5.19. The summed E-state index contributed by atoms with van der Waals surface area (Å²) in [5, 5.41) is 1.75. The van der Waals surface area contributed by atoms with Crippen LogP contribution in [0.15, 0.2) is 47.2 Å². The summed E-state index contributed by atoms with van der Waals surface area (Å²) in [5.41, 5.74) is 0. The first-order valence-electron chi connectivity index (χ1n) is 3.37. The molecule has 0 fully saturated rings. The molecule has 0 amide bonds. The molecule has 0 aliphatic rings. The van der Waals surface area contributed by atoms with Crippen LogP contribution in [0.25, 0.3) is 0 Å². The molecule has 0 N–H and O–H groups in total. The molecular formula is C9H8S3. The molecule has 0 bridgehead atoms. The third-order valence-electron chi connectivity index (χ3n) is 1.12. The number of rotatable bonds is 2. The Kier molecular flexibility index (Phi) is 4.43. The monoisotopic (exact) mass is 212 g/mol. The van der Waals surface area contributed by atoms with Gasteiger partial charge in [-0.05, 0) is 17.5 Å². The van der Waals surface area contributed by atoms with Crippen LogP contribution in [0, 0.1) is 0 Å². The Balaban J connectivity index is 2.52. The largest absolute Gasteiger partial charge is 0.113 e. The van der Waals surface area contributed by atoms with Gasteiger partial charge in [0.25, 0.3) is 0 Å². The van der Waals surface area contributed by atoms with Gasteiger partial charge in [0.2, 0.25) is 0 Å². The fourth-order valence-corrected chi connectivity index (χ4v) is 2.48. The first-order chi connectivity index (χ1) is 5.83. The lowest BCUT2D eigenvalue weighted by atomic mass is 10.4. The van der Waals surface area contributed by atoms with E-state index in [4.69, 9.17) is 12.2 Å². The second kappa shape index (κ2) is 5.41. The molecule has 0 aliphatic heterocycles. The molecule has 1 aromatic rings. The molecule has 0 radical (unpaired) electrons. The Bertz CT molecular complexity index is 266. The number of benzene rings is 1. The van der Waals surface area contributed by atoms with Crippen LogP contribution in [-0.2, 0) is 0 Å². The van der Waals surface area contributed by atoms with E-state index in [2.05, 4.69) is 6.58 Å². The molecule has 0 spiro atoms. The van der Waals surface area contributed by atoms with E-state index in [-0.39, 0.29) is 0 Å². The predicted molar refractivity (Wildman–Crippen MR) is 62.7 cm³/mol. The van der Waals surface area contributed by atoms with E-state index in [0.717, 1.165) is 3.53 Å². The lowest BCUT2D eigenvalue weighted by Gasteiger charge is -1.98. The number of thiocarbonyl (C=S) groups is 1. The third kappa shape index (κ3) is 3.43. The van der Waals surface area contributed by atoms with Crippen molar-refractivity contribution in [2.24, 2.45) is 0 Å². The van der Waals surface area contributed by atoms with Crippen molar-refractivity contribution in [3.05, 3.63) is 42.3 Å². The Morgan fingerprint density at radius 1 is 1.33 bits per heavy atom. The summed E-state index contributed by atoms with van der Waals surface area (Å²) < 4.78 is 0.885. The van der Waals surface area contributed by atoms with Crippen LogP contribution >= 0.6 is 35.7 Å². The highest BCUT2D eigenvalue weighted by atomic mass is 32.2. The summed E-state index contributed by atoms with van der Waals surface area (Å²) in [4.78, 5) is 1.18. The van der Waals surface area contributed by atoms with Crippen LogP contribution in [0.4, 0.5) is 0 Å². The molecule has 0 unspecified atom stereocenters. The van der Waals surface area contributed by atoms with Gasteiger partial charge in [-0.25, -0.2) is 0 Å². The summed E-state index contributed by atoms with van der Waals surface area (Å²) in [6, 6.07) is 10.1. The van der Waals surface area contributed by atoms with Gasteiger partial charge >= 0.3 is 0 Å². The van der Waals surface area contributed by atoms with Crippen LogP contribution in [0.5, 0.6) is 0 Å². The highest BCUT2D eigenvalue weighted by Crippen LogP contribution is 2.25. The summed E-state index contributed by atoms with van der Waals surface area (Å²) in [5.74, 6) is 0. The van der Waals surface area contributed by atoms with Crippen molar-refractivity contribution >= 4 is 39.3 Å². The summed E-state index contributed by atoms with van der Waals surface area (Å²) >= 11 is 8.17. The van der Waals surface area contributed by atoms with E-state index in [1.54, 1.807) is 17.2 Å². The van der Waals surface area contributed by atoms with Crippen LogP contribution in [0.2, 0.25) is 0 Å². The summed E-state index contributed by atoms with van der Waals surface area (Å²) in [7, 11) is 0. The lowest BCUT2D eigenvalue weighted by molar-refractivity contribution is 1.48. The van der Waals surface area contributed by atoms with E-state index in [9.17, 15) is 0 Å². The minimum absolute atomic E-state index is 0.885. The van der Waals surface area contributed by atoms with Crippen molar-refractivity contribution in [2.75, 3.05) is 0 Å². The summed E-state index contributed by atoms with van der Waals surface area (Å²) in [6.07, 6.45) is 0. The van der Waals surface area contributed by atoms with Crippen molar-refractivity contribution in [2.45, 2.75) is 4.90 Å². The molecule has 0 atom stereocenters. The van der Waals surface area contributed by atoms with Crippen LogP contribution in [-0.4, -0.2) is 3.53 Å². The van der Waals surface area contributed by atoms with Gasteiger partial charge in [-0.1, -0.05) is 60.5 Å². The van der Waals surface area contributed by atoms with Gasteiger partial charge in [0.15, 0.2) is 0 Å². The molecule has 3 heteroatoms. The quantitative estimate of drug-likeness (QED) is 0.538. The van der Waals surface area contributed by atoms with Gasteiger partial charge < -0.3 is 0 Å². The average molecular weight is 212 g/mol. The maximum Gasteiger partial charge on any atom is 0.113 e. The van der Waals surface area contributed by atoms with Crippen molar-refractivity contribution in [3.63, 3.8) is 0 Å². The van der Waals surface area contributed by atoms with Crippen LogP contribution < -0.4 is 0 Å². The van der Waals surface area contributed by atoms with Crippen molar-refractivity contribution in [3.8, 4) is 0 Å². The summed E-state index contributed by atoms with van der Waals surface area (Å²) in [6.45, 7) is 3.60. The lowest BCUT2D eigenvalue weighted by Crippen LogP contribution is -1.76. The normalized spacial score (nSPS) is 9.33. The number of thioether (sulfide) groups is 2. The third-order valence-corrected chi connectivity index (χ3v) is 3.23. The SMILES string of the molecule is C=CSC(=S)Sc1ccccc1. The second-order valence-electron chi connectivity index (χ2n) is 1.95. The van der Waals surface area contributed by atoms with E-state index in [0.29, 0.717) is 0 Å². The molecule has 1 aromatic carbocycles. The van der Waals surface area contributed by atoms with Crippen LogP contribution in [0.3, 0.4) is 0 Å². The van der Waals surface area contributed by atoms with E-state index >= 15 is 0 Å². The molecule has 0 saturated heterocycles. The van der Waals surface area contributed by atoms with E-state index in [1.807, 2.05) is 30.3 Å². The first kappa shape index (κ1) is 9.84. The molecule has 0 nitrogen and oxygen atoms in total. The highest BCUT2D eigenvalue weighted by Gasteiger charge is 1.96.